The molecule has 4 heteroatoms. The van der Waals surface area contributed by atoms with Crippen molar-refractivity contribution >= 4 is 6.09 Å². The van der Waals surface area contributed by atoms with Crippen LogP contribution in [0, 0.1) is 0 Å². The standard InChI is InChI=1S/C5H9NO3/c1-9-5(8)6-2-4(7)3-6/h4,7H,2-3H2,1H3. The van der Waals surface area contributed by atoms with Crippen molar-refractivity contribution in [2.45, 2.75) is 6.10 Å². The van der Waals surface area contributed by atoms with Crippen LogP contribution in [0.3, 0.4) is 0 Å². The molecule has 0 radical (unpaired) electrons. The van der Waals surface area contributed by atoms with Gasteiger partial charge in [0.05, 0.1) is 26.3 Å². The number of carbonyl (C=O) groups excluding carboxylic acids is 1. The van der Waals surface area contributed by atoms with E-state index >= 15 is 0 Å². The van der Waals surface area contributed by atoms with Crippen LogP contribution >= 0.6 is 0 Å². The number of hydrogen-bond donors (Lipinski definition) is 1. The van der Waals surface area contributed by atoms with Gasteiger partial charge in [0.2, 0.25) is 0 Å². The Balaban J connectivity index is 2.23. The maximum Gasteiger partial charge on any atom is 0.409 e. The second kappa shape index (κ2) is 2.23. The summed E-state index contributed by atoms with van der Waals surface area (Å²) < 4.78 is 4.38. The van der Waals surface area contributed by atoms with Crippen molar-refractivity contribution < 1.29 is 14.6 Å². The molecule has 0 saturated carbocycles. The van der Waals surface area contributed by atoms with Crippen molar-refractivity contribution in [3.63, 3.8) is 0 Å². The lowest BCUT2D eigenvalue weighted by Crippen LogP contribution is -2.53. The predicted molar refractivity (Wildman–Crippen MR) is 30.0 cm³/mol. The van der Waals surface area contributed by atoms with E-state index in [0.717, 1.165) is 0 Å². The molecular weight excluding hydrogens is 122 g/mol. The summed E-state index contributed by atoms with van der Waals surface area (Å²) in [6, 6.07) is 0. The maximum absolute atomic E-state index is 10.5. The van der Waals surface area contributed by atoms with E-state index in [-0.39, 0.29) is 12.2 Å². The summed E-state index contributed by atoms with van der Waals surface area (Å²) in [7, 11) is 1.33. The summed E-state index contributed by atoms with van der Waals surface area (Å²) in [5.41, 5.74) is 0. The summed E-state index contributed by atoms with van der Waals surface area (Å²) in [4.78, 5) is 12.0. The third-order valence-electron chi connectivity index (χ3n) is 1.30. The fraction of sp³-hybridized carbons (Fsp3) is 0.800. The third-order valence-corrected chi connectivity index (χ3v) is 1.30. The zero-order chi connectivity index (χ0) is 6.85. The van der Waals surface area contributed by atoms with Crippen molar-refractivity contribution in [3.8, 4) is 0 Å². The zero-order valence-electron chi connectivity index (χ0n) is 5.20. The molecule has 1 aliphatic heterocycles. The first-order valence-corrected chi connectivity index (χ1v) is 2.75. The van der Waals surface area contributed by atoms with Crippen LogP contribution in [-0.4, -0.2) is 42.4 Å². The molecule has 0 bridgehead atoms. The van der Waals surface area contributed by atoms with E-state index in [9.17, 15) is 4.79 Å². The Labute approximate surface area is 53.0 Å². The number of aliphatic hydroxyl groups excluding tert-OH is 1. The lowest BCUT2D eigenvalue weighted by molar-refractivity contribution is 0.00404. The van der Waals surface area contributed by atoms with Gasteiger partial charge in [0.25, 0.3) is 0 Å². The molecule has 4 nitrogen and oxygen atoms in total. The van der Waals surface area contributed by atoms with Crippen LogP contribution in [0.5, 0.6) is 0 Å². The molecule has 1 saturated heterocycles. The zero-order valence-corrected chi connectivity index (χ0v) is 5.20. The van der Waals surface area contributed by atoms with E-state index in [0.29, 0.717) is 13.1 Å². The van der Waals surface area contributed by atoms with Crippen LogP contribution < -0.4 is 0 Å². The highest BCUT2D eigenvalue weighted by Crippen LogP contribution is 2.07. The van der Waals surface area contributed by atoms with Gasteiger partial charge in [-0.25, -0.2) is 4.79 Å². The predicted octanol–water partition coefficient (Wildman–Crippen LogP) is -0.571. The highest BCUT2D eigenvalue weighted by atomic mass is 16.5. The fourth-order valence-electron chi connectivity index (χ4n) is 0.733. The number of hydrogen-bond acceptors (Lipinski definition) is 3. The van der Waals surface area contributed by atoms with Crippen LogP contribution in [0.4, 0.5) is 4.79 Å². The largest absolute Gasteiger partial charge is 0.453 e. The Hall–Kier alpha value is -0.770. The van der Waals surface area contributed by atoms with E-state index in [1.54, 1.807) is 0 Å². The number of rotatable bonds is 0. The minimum atomic E-state index is -0.361. The Bertz CT molecular complexity index is 119. The second-order valence-electron chi connectivity index (χ2n) is 2.03. The Kier molecular flexibility index (Phi) is 1.57. The molecule has 1 rings (SSSR count). The maximum atomic E-state index is 10.5. The number of methoxy groups -OCH3 is 1. The molecule has 0 aromatic rings. The van der Waals surface area contributed by atoms with Crippen LogP contribution in [0.15, 0.2) is 0 Å². The summed E-state index contributed by atoms with van der Waals surface area (Å²) in [5.74, 6) is 0. The molecule has 1 aliphatic rings. The van der Waals surface area contributed by atoms with E-state index in [2.05, 4.69) is 4.74 Å². The quantitative estimate of drug-likeness (QED) is 0.479. The lowest BCUT2D eigenvalue weighted by Gasteiger charge is -2.34. The van der Waals surface area contributed by atoms with Gasteiger partial charge in [-0.2, -0.15) is 0 Å². The second-order valence-corrected chi connectivity index (χ2v) is 2.03. The van der Waals surface area contributed by atoms with Crippen LogP contribution in [0.2, 0.25) is 0 Å². The van der Waals surface area contributed by atoms with Crippen molar-refractivity contribution in [2.75, 3.05) is 20.2 Å². The number of ether oxygens (including phenoxy) is 1. The summed E-state index contributed by atoms with van der Waals surface area (Å²) >= 11 is 0. The Morgan fingerprint density at radius 3 is 2.67 bits per heavy atom. The fourth-order valence-corrected chi connectivity index (χ4v) is 0.733. The number of nitrogens with zero attached hydrogens (tertiary/aromatic N) is 1. The molecule has 52 valence electrons. The molecule has 0 atom stereocenters. The van der Waals surface area contributed by atoms with Crippen molar-refractivity contribution in [1.82, 2.24) is 4.90 Å². The van der Waals surface area contributed by atoms with E-state index in [4.69, 9.17) is 5.11 Å². The van der Waals surface area contributed by atoms with Gasteiger partial charge in [-0.3, -0.25) is 0 Å². The molecule has 0 aromatic heterocycles. The molecule has 1 heterocycles. The minimum absolute atomic E-state index is 0.343. The molecule has 1 N–H and O–H groups in total. The molecule has 0 unspecified atom stereocenters. The third kappa shape index (κ3) is 1.13. The van der Waals surface area contributed by atoms with Gasteiger partial charge in [-0.15, -0.1) is 0 Å². The topological polar surface area (TPSA) is 49.8 Å². The Morgan fingerprint density at radius 1 is 1.78 bits per heavy atom. The number of carbonyl (C=O) groups is 1. The lowest BCUT2D eigenvalue weighted by atomic mass is 10.2. The van der Waals surface area contributed by atoms with Crippen molar-refractivity contribution in [3.05, 3.63) is 0 Å². The average Bonchev–Trinajstić information content (AvgIpc) is 1.79. The summed E-state index contributed by atoms with van der Waals surface area (Å²) in [6.07, 6.45) is -0.704. The van der Waals surface area contributed by atoms with Gasteiger partial charge >= 0.3 is 6.09 Å². The smallest absolute Gasteiger partial charge is 0.409 e. The minimum Gasteiger partial charge on any atom is -0.453 e. The summed E-state index contributed by atoms with van der Waals surface area (Å²) in [6.45, 7) is 0.819. The van der Waals surface area contributed by atoms with Gasteiger partial charge < -0.3 is 14.7 Å². The van der Waals surface area contributed by atoms with Crippen LogP contribution in [0.1, 0.15) is 0 Å². The highest BCUT2D eigenvalue weighted by molar-refractivity contribution is 5.68. The average molecular weight is 131 g/mol. The monoisotopic (exact) mass is 131 g/mol. The molecule has 0 aliphatic carbocycles. The summed E-state index contributed by atoms with van der Waals surface area (Å²) in [5, 5.41) is 8.71. The first kappa shape index (κ1) is 6.35. The number of β-amino-alcohol motifs (C(OH)–C–C–N with tert-alkyl or cyclic N) is 1. The normalized spacial score (nSPS) is 19.1. The first-order valence-electron chi connectivity index (χ1n) is 2.75. The van der Waals surface area contributed by atoms with Crippen molar-refractivity contribution in [1.29, 1.82) is 0 Å². The van der Waals surface area contributed by atoms with Crippen molar-refractivity contribution in [2.24, 2.45) is 0 Å². The van der Waals surface area contributed by atoms with Crippen LogP contribution in [-0.2, 0) is 4.74 Å². The van der Waals surface area contributed by atoms with Gasteiger partial charge in [0.1, 0.15) is 0 Å². The van der Waals surface area contributed by atoms with Gasteiger partial charge in [-0.1, -0.05) is 0 Å². The SMILES string of the molecule is COC(=O)N1CC(O)C1. The first-order chi connectivity index (χ1) is 4.24. The molecule has 1 fully saturated rings. The molecule has 0 aromatic carbocycles. The van der Waals surface area contributed by atoms with E-state index < -0.39 is 0 Å². The van der Waals surface area contributed by atoms with E-state index in [1.807, 2.05) is 0 Å². The van der Waals surface area contributed by atoms with Gasteiger partial charge in [-0.05, 0) is 0 Å². The molecule has 1 amide bonds. The highest BCUT2D eigenvalue weighted by Gasteiger charge is 2.28. The Morgan fingerprint density at radius 2 is 2.33 bits per heavy atom. The number of aliphatic hydroxyl groups is 1. The van der Waals surface area contributed by atoms with E-state index in [1.165, 1.54) is 12.0 Å². The molecule has 0 spiro atoms. The van der Waals surface area contributed by atoms with Gasteiger partial charge in [0.15, 0.2) is 0 Å². The van der Waals surface area contributed by atoms with Crippen LogP contribution in [0.25, 0.3) is 0 Å². The molecule has 9 heavy (non-hydrogen) atoms. The van der Waals surface area contributed by atoms with Gasteiger partial charge in [0, 0.05) is 0 Å². The number of likely N-dealkylation sites (tertiary alicyclic amines) is 1. The number of amides is 1. The molecular formula is C5H9NO3.